The van der Waals surface area contributed by atoms with Gasteiger partial charge in [-0.2, -0.15) is 0 Å². The fourth-order valence-corrected chi connectivity index (χ4v) is 3.68. The van der Waals surface area contributed by atoms with Crippen LogP contribution in [0.4, 0.5) is 14.7 Å². The van der Waals surface area contributed by atoms with Crippen molar-refractivity contribution in [2.75, 3.05) is 18.1 Å². The first-order valence-electron chi connectivity index (χ1n) is 8.04. The van der Waals surface area contributed by atoms with Gasteiger partial charge in [0.2, 0.25) is 11.7 Å². The molecule has 0 radical (unpaired) electrons. The van der Waals surface area contributed by atoms with E-state index in [1.165, 1.54) is 12.1 Å². The Morgan fingerprint density at radius 2 is 2.00 bits per heavy atom. The third-order valence-corrected chi connectivity index (χ3v) is 5.02. The van der Waals surface area contributed by atoms with Gasteiger partial charge in [0, 0.05) is 23.3 Å². The number of aromatic nitrogens is 2. The fourth-order valence-electron chi connectivity index (χ4n) is 3.27. The van der Waals surface area contributed by atoms with Gasteiger partial charge in [-0.05, 0) is 24.1 Å². The highest BCUT2D eigenvalue weighted by Crippen LogP contribution is 2.42. The number of benzene rings is 1. The molecule has 2 fully saturated rings. The molecule has 2 unspecified atom stereocenters. The molecule has 2 saturated heterocycles. The minimum absolute atomic E-state index is 0.0731. The summed E-state index contributed by atoms with van der Waals surface area (Å²) in [5.41, 5.74) is 0.0118. The summed E-state index contributed by atoms with van der Waals surface area (Å²) < 4.78 is 40.3. The zero-order valence-electron chi connectivity index (χ0n) is 13.5. The van der Waals surface area contributed by atoms with Gasteiger partial charge in [0.1, 0.15) is 6.61 Å². The summed E-state index contributed by atoms with van der Waals surface area (Å²) in [5.74, 6) is -1.47. The van der Waals surface area contributed by atoms with Crippen LogP contribution >= 0.6 is 15.9 Å². The topological polar surface area (TPSA) is 47.5 Å². The number of morpholine rings is 1. The van der Waals surface area contributed by atoms with Gasteiger partial charge in [-0.15, -0.1) is 0 Å². The van der Waals surface area contributed by atoms with Crippen LogP contribution in [0.15, 0.2) is 29.0 Å². The minimum Gasteiger partial charge on any atom is -0.459 e. The van der Waals surface area contributed by atoms with E-state index < -0.39 is 23.1 Å². The second kappa shape index (κ2) is 6.17. The second-order valence-electron chi connectivity index (χ2n) is 6.24. The summed E-state index contributed by atoms with van der Waals surface area (Å²) in [4.78, 5) is 10.6. The Hall–Kier alpha value is -1.80. The summed E-state index contributed by atoms with van der Waals surface area (Å²) in [6, 6.07) is 2.35. The zero-order chi connectivity index (χ0) is 17.6. The molecule has 2 aliphatic rings. The molecule has 0 N–H and O–H groups in total. The first-order valence-corrected chi connectivity index (χ1v) is 8.84. The third-order valence-electron chi connectivity index (χ3n) is 4.57. The molecular formula is C17H16BrF2N3O2. The van der Waals surface area contributed by atoms with E-state index in [0.717, 1.165) is 12.0 Å². The van der Waals surface area contributed by atoms with E-state index >= 15 is 0 Å². The number of ether oxygens (including phenoxy) is 2. The Kier molecular flexibility index (Phi) is 4.11. The van der Waals surface area contributed by atoms with Crippen LogP contribution in [0.5, 0.6) is 5.75 Å². The van der Waals surface area contributed by atoms with Crippen LogP contribution in [0.3, 0.4) is 0 Å². The van der Waals surface area contributed by atoms with Gasteiger partial charge in [-0.1, -0.05) is 22.9 Å². The number of aryl methyl sites for hydroxylation is 1. The number of hydrogen-bond donors (Lipinski definition) is 0. The van der Waals surface area contributed by atoms with Gasteiger partial charge < -0.3 is 9.47 Å². The van der Waals surface area contributed by atoms with E-state index in [-0.39, 0.29) is 12.7 Å². The van der Waals surface area contributed by atoms with Crippen LogP contribution < -0.4 is 9.64 Å². The standard InChI is InChI=1S/C17H16BrF2N3O2/c1-2-10-6-21-16(22-7-10)23-8-12-5-17(23,9-24-12)25-15-13(19)3-11(18)4-14(15)20/h3-4,6-7,12H,2,5,8-9H2,1H3. The Labute approximate surface area is 152 Å². The maximum atomic E-state index is 14.2. The number of halogens is 3. The molecule has 132 valence electrons. The second-order valence-corrected chi connectivity index (χ2v) is 7.16. The van der Waals surface area contributed by atoms with Crippen molar-refractivity contribution in [2.24, 2.45) is 0 Å². The van der Waals surface area contributed by atoms with Crippen molar-refractivity contribution < 1.29 is 18.3 Å². The van der Waals surface area contributed by atoms with Gasteiger partial charge in [0.05, 0.1) is 12.6 Å². The molecule has 8 heteroatoms. The lowest BCUT2D eigenvalue weighted by atomic mass is 10.2. The lowest BCUT2D eigenvalue weighted by Gasteiger charge is -2.38. The number of anilines is 1. The van der Waals surface area contributed by atoms with Crippen molar-refractivity contribution >= 4 is 21.9 Å². The number of rotatable bonds is 4. The Morgan fingerprint density at radius 1 is 1.32 bits per heavy atom. The molecule has 2 bridgehead atoms. The number of fused-ring (bicyclic) bond motifs is 2. The van der Waals surface area contributed by atoms with Crippen LogP contribution in [0.2, 0.25) is 0 Å². The fraction of sp³-hybridized carbons (Fsp3) is 0.412. The Balaban J connectivity index is 1.68. The lowest BCUT2D eigenvalue weighted by Crippen LogP contribution is -2.54. The molecule has 0 aliphatic carbocycles. The molecule has 3 heterocycles. The molecule has 25 heavy (non-hydrogen) atoms. The average Bonchev–Trinajstić information content (AvgIpc) is 3.16. The number of hydrogen-bond acceptors (Lipinski definition) is 5. The van der Waals surface area contributed by atoms with Gasteiger partial charge in [-0.3, -0.25) is 4.90 Å². The number of nitrogens with zero attached hydrogens (tertiary/aromatic N) is 3. The average molecular weight is 412 g/mol. The highest BCUT2D eigenvalue weighted by atomic mass is 79.9. The monoisotopic (exact) mass is 411 g/mol. The van der Waals surface area contributed by atoms with Crippen molar-refractivity contribution in [3.63, 3.8) is 0 Å². The van der Waals surface area contributed by atoms with Crippen LogP contribution in [-0.2, 0) is 11.2 Å². The molecule has 4 rings (SSSR count). The van der Waals surface area contributed by atoms with Crippen molar-refractivity contribution in [3.8, 4) is 5.75 Å². The summed E-state index contributed by atoms with van der Waals surface area (Å²) in [6.45, 7) is 2.74. The van der Waals surface area contributed by atoms with Crippen LogP contribution in [0, 0.1) is 11.6 Å². The summed E-state index contributed by atoms with van der Waals surface area (Å²) in [7, 11) is 0. The maximum absolute atomic E-state index is 14.2. The van der Waals surface area contributed by atoms with Crippen LogP contribution in [0.25, 0.3) is 0 Å². The highest BCUT2D eigenvalue weighted by Gasteiger charge is 2.56. The lowest BCUT2D eigenvalue weighted by molar-refractivity contribution is 0.00704. The summed E-state index contributed by atoms with van der Waals surface area (Å²) in [5, 5.41) is 0. The van der Waals surface area contributed by atoms with Gasteiger partial charge in [0.25, 0.3) is 0 Å². The molecule has 2 atom stereocenters. The minimum atomic E-state index is -1.01. The summed E-state index contributed by atoms with van der Waals surface area (Å²) in [6.07, 6.45) is 4.77. The largest absolute Gasteiger partial charge is 0.459 e. The molecular weight excluding hydrogens is 396 g/mol. The molecule has 1 aromatic carbocycles. The van der Waals surface area contributed by atoms with Gasteiger partial charge in [0.15, 0.2) is 17.4 Å². The van der Waals surface area contributed by atoms with Gasteiger partial charge in [-0.25, -0.2) is 18.7 Å². The predicted molar refractivity (Wildman–Crippen MR) is 90.5 cm³/mol. The van der Waals surface area contributed by atoms with Crippen molar-refractivity contribution in [1.29, 1.82) is 0 Å². The maximum Gasteiger partial charge on any atom is 0.228 e. The Morgan fingerprint density at radius 3 is 2.60 bits per heavy atom. The molecule has 2 aliphatic heterocycles. The first kappa shape index (κ1) is 16.7. The molecule has 0 saturated carbocycles. The predicted octanol–water partition coefficient (Wildman–Crippen LogP) is 3.46. The Bertz CT molecular complexity index is 782. The van der Waals surface area contributed by atoms with E-state index in [4.69, 9.17) is 9.47 Å². The van der Waals surface area contributed by atoms with Crippen LogP contribution in [0.1, 0.15) is 18.9 Å². The zero-order valence-corrected chi connectivity index (χ0v) is 15.1. The van der Waals surface area contributed by atoms with E-state index in [1.807, 2.05) is 11.8 Å². The molecule has 1 aromatic heterocycles. The van der Waals surface area contributed by atoms with E-state index in [0.29, 0.717) is 23.4 Å². The van der Waals surface area contributed by atoms with Gasteiger partial charge >= 0.3 is 0 Å². The molecule has 5 nitrogen and oxygen atoms in total. The third kappa shape index (κ3) is 2.87. The smallest absolute Gasteiger partial charge is 0.228 e. The highest BCUT2D eigenvalue weighted by molar-refractivity contribution is 9.10. The van der Waals surface area contributed by atoms with Crippen molar-refractivity contribution in [2.45, 2.75) is 31.6 Å². The van der Waals surface area contributed by atoms with E-state index in [1.54, 1.807) is 12.4 Å². The van der Waals surface area contributed by atoms with E-state index in [9.17, 15) is 8.78 Å². The molecule has 2 aromatic rings. The molecule has 0 amide bonds. The van der Waals surface area contributed by atoms with Crippen molar-refractivity contribution in [1.82, 2.24) is 9.97 Å². The van der Waals surface area contributed by atoms with Crippen LogP contribution in [-0.4, -0.2) is 34.9 Å². The van der Waals surface area contributed by atoms with Crippen molar-refractivity contribution in [3.05, 3.63) is 46.2 Å². The molecule has 0 spiro atoms. The normalized spacial score (nSPS) is 24.8. The first-order chi connectivity index (χ1) is 12.0. The van der Waals surface area contributed by atoms with E-state index in [2.05, 4.69) is 25.9 Å². The quantitative estimate of drug-likeness (QED) is 0.770. The SMILES string of the molecule is CCc1cnc(N2CC3CC2(Oc2c(F)cc(Br)cc2F)CO3)nc1. The summed E-state index contributed by atoms with van der Waals surface area (Å²) >= 11 is 3.07.